The number of carbonyl (C=O) groups excluding carboxylic acids is 3. The van der Waals surface area contributed by atoms with E-state index in [4.69, 9.17) is 14.2 Å². The third-order valence-electron chi connectivity index (χ3n) is 16.1. The van der Waals surface area contributed by atoms with E-state index in [1.165, 1.54) is 276 Å². The highest BCUT2D eigenvalue weighted by molar-refractivity contribution is 5.71. The van der Waals surface area contributed by atoms with Crippen LogP contribution in [-0.2, 0) is 28.6 Å². The summed E-state index contributed by atoms with van der Waals surface area (Å²) in [5, 5.41) is 0. The molecule has 0 fully saturated rings. The molecular formula is C68H132O6. The van der Waals surface area contributed by atoms with Crippen molar-refractivity contribution in [3.8, 4) is 0 Å². The van der Waals surface area contributed by atoms with Crippen molar-refractivity contribution in [2.75, 3.05) is 13.2 Å². The molecule has 0 bridgehead atoms. The van der Waals surface area contributed by atoms with Crippen molar-refractivity contribution in [2.24, 2.45) is 11.8 Å². The molecular weight excluding hydrogens is 913 g/mol. The maximum atomic E-state index is 12.9. The molecule has 0 aromatic heterocycles. The van der Waals surface area contributed by atoms with Gasteiger partial charge in [0, 0.05) is 19.3 Å². The van der Waals surface area contributed by atoms with Gasteiger partial charge in [0.05, 0.1) is 0 Å². The van der Waals surface area contributed by atoms with E-state index < -0.39 is 6.10 Å². The average Bonchev–Trinajstić information content (AvgIpc) is 3.39. The predicted octanol–water partition coefficient (Wildman–Crippen LogP) is 22.8. The average molecular weight is 1050 g/mol. The van der Waals surface area contributed by atoms with Crippen LogP contribution in [0.2, 0.25) is 0 Å². The molecule has 0 radical (unpaired) electrons. The summed E-state index contributed by atoms with van der Waals surface area (Å²) in [6.07, 6.45) is 68.2. The predicted molar refractivity (Wildman–Crippen MR) is 321 cm³/mol. The molecule has 0 aliphatic rings. The third-order valence-corrected chi connectivity index (χ3v) is 16.1. The lowest BCUT2D eigenvalue weighted by Crippen LogP contribution is -2.30. The zero-order valence-corrected chi connectivity index (χ0v) is 51.0. The van der Waals surface area contributed by atoms with Gasteiger partial charge in [-0.15, -0.1) is 0 Å². The molecule has 2 atom stereocenters. The van der Waals surface area contributed by atoms with Gasteiger partial charge in [-0.05, 0) is 31.1 Å². The van der Waals surface area contributed by atoms with E-state index >= 15 is 0 Å². The van der Waals surface area contributed by atoms with E-state index in [0.717, 1.165) is 69.6 Å². The zero-order chi connectivity index (χ0) is 53.9. The number of unbranched alkanes of at least 4 members (excludes halogenated alkanes) is 46. The fourth-order valence-corrected chi connectivity index (χ4v) is 10.6. The number of hydrogen-bond donors (Lipinski definition) is 0. The molecule has 0 spiro atoms. The van der Waals surface area contributed by atoms with Gasteiger partial charge in [0.1, 0.15) is 13.2 Å². The SMILES string of the molecule is CCCCCCCCCCCCCCCCCCCCCC(=O)OC[C@@H](COC(=O)CCCCCCCCCCCCCCC(C)C)OC(=O)CCCCCCCCCCCCCCCCCCCCC(C)CC. The van der Waals surface area contributed by atoms with Gasteiger partial charge in [-0.25, -0.2) is 0 Å². The minimum absolute atomic E-state index is 0.0616. The molecule has 0 amide bonds. The largest absolute Gasteiger partial charge is 0.462 e. The number of rotatable bonds is 62. The molecule has 74 heavy (non-hydrogen) atoms. The van der Waals surface area contributed by atoms with E-state index in [9.17, 15) is 14.4 Å². The van der Waals surface area contributed by atoms with Gasteiger partial charge in [-0.2, -0.15) is 0 Å². The van der Waals surface area contributed by atoms with Crippen molar-refractivity contribution in [1.29, 1.82) is 0 Å². The first-order valence-corrected chi connectivity index (χ1v) is 33.8. The summed E-state index contributed by atoms with van der Waals surface area (Å²) in [4.78, 5) is 38.4. The van der Waals surface area contributed by atoms with Crippen LogP contribution in [0.1, 0.15) is 388 Å². The van der Waals surface area contributed by atoms with Crippen LogP contribution in [0.4, 0.5) is 0 Å². The summed E-state index contributed by atoms with van der Waals surface area (Å²) in [6, 6.07) is 0. The molecule has 0 heterocycles. The Morgan fingerprint density at radius 2 is 0.514 bits per heavy atom. The van der Waals surface area contributed by atoms with E-state index in [-0.39, 0.29) is 31.1 Å². The topological polar surface area (TPSA) is 78.9 Å². The fourth-order valence-electron chi connectivity index (χ4n) is 10.6. The van der Waals surface area contributed by atoms with Crippen LogP contribution >= 0.6 is 0 Å². The Bertz CT molecular complexity index is 1140. The van der Waals surface area contributed by atoms with Crippen LogP contribution in [0.5, 0.6) is 0 Å². The number of esters is 3. The van der Waals surface area contributed by atoms with Crippen molar-refractivity contribution < 1.29 is 28.6 Å². The molecule has 6 heteroatoms. The number of ether oxygens (including phenoxy) is 3. The molecule has 0 rings (SSSR count). The van der Waals surface area contributed by atoms with Gasteiger partial charge in [0.2, 0.25) is 0 Å². The molecule has 0 aliphatic carbocycles. The molecule has 0 N–H and O–H groups in total. The van der Waals surface area contributed by atoms with E-state index in [2.05, 4.69) is 34.6 Å². The molecule has 440 valence electrons. The Labute approximate surface area is 463 Å². The number of hydrogen-bond acceptors (Lipinski definition) is 6. The third kappa shape index (κ3) is 59.7. The first kappa shape index (κ1) is 72.4. The van der Waals surface area contributed by atoms with Crippen molar-refractivity contribution in [1.82, 2.24) is 0 Å². The van der Waals surface area contributed by atoms with Gasteiger partial charge in [-0.1, -0.05) is 349 Å². The first-order valence-electron chi connectivity index (χ1n) is 33.8. The summed E-state index contributed by atoms with van der Waals surface area (Å²) >= 11 is 0. The van der Waals surface area contributed by atoms with Gasteiger partial charge < -0.3 is 14.2 Å². The van der Waals surface area contributed by atoms with Crippen molar-refractivity contribution in [3.05, 3.63) is 0 Å². The van der Waals surface area contributed by atoms with Crippen LogP contribution in [-0.4, -0.2) is 37.2 Å². The Morgan fingerprint density at radius 1 is 0.284 bits per heavy atom. The van der Waals surface area contributed by atoms with Crippen LogP contribution in [0.3, 0.4) is 0 Å². The minimum Gasteiger partial charge on any atom is -0.462 e. The Morgan fingerprint density at radius 3 is 0.770 bits per heavy atom. The highest BCUT2D eigenvalue weighted by Gasteiger charge is 2.20. The fraction of sp³-hybridized carbons (Fsp3) is 0.956. The van der Waals surface area contributed by atoms with Crippen LogP contribution in [0, 0.1) is 11.8 Å². The van der Waals surface area contributed by atoms with E-state index in [0.29, 0.717) is 19.3 Å². The Kier molecular flexibility index (Phi) is 59.3. The molecule has 0 aliphatic heterocycles. The van der Waals surface area contributed by atoms with E-state index in [1.807, 2.05) is 0 Å². The first-order chi connectivity index (χ1) is 36.3. The van der Waals surface area contributed by atoms with Crippen molar-refractivity contribution >= 4 is 17.9 Å². The zero-order valence-electron chi connectivity index (χ0n) is 51.0. The molecule has 0 aromatic carbocycles. The maximum absolute atomic E-state index is 12.9. The van der Waals surface area contributed by atoms with Gasteiger partial charge in [0.15, 0.2) is 6.10 Å². The smallest absolute Gasteiger partial charge is 0.306 e. The summed E-state index contributed by atoms with van der Waals surface area (Å²) in [6.45, 7) is 11.5. The van der Waals surface area contributed by atoms with Crippen LogP contribution in [0.15, 0.2) is 0 Å². The summed E-state index contributed by atoms with van der Waals surface area (Å²) < 4.78 is 17.0. The second-order valence-corrected chi connectivity index (χ2v) is 24.2. The summed E-state index contributed by atoms with van der Waals surface area (Å²) in [5.74, 6) is 0.915. The van der Waals surface area contributed by atoms with Gasteiger partial charge >= 0.3 is 17.9 Å². The normalized spacial score (nSPS) is 12.4. The maximum Gasteiger partial charge on any atom is 0.306 e. The molecule has 6 nitrogen and oxygen atoms in total. The lowest BCUT2D eigenvalue weighted by molar-refractivity contribution is -0.167. The Balaban J connectivity index is 4.26. The Hall–Kier alpha value is -1.59. The highest BCUT2D eigenvalue weighted by Crippen LogP contribution is 2.20. The quantitative estimate of drug-likeness (QED) is 0.0343. The lowest BCUT2D eigenvalue weighted by atomic mass is 9.99. The second kappa shape index (κ2) is 60.6. The molecule has 0 saturated carbocycles. The molecule has 0 aromatic rings. The van der Waals surface area contributed by atoms with Crippen LogP contribution < -0.4 is 0 Å². The van der Waals surface area contributed by atoms with Gasteiger partial charge in [0.25, 0.3) is 0 Å². The van der Waals surface area contributed by atoms with E-state index in [1.54, 1.807) is 0 Å². The standard InChI is InChI=1S/C68H132O6/c1-6-8-9-10-11-12-13-14-15-16-17-21-24-27-33-38-43-48-53-58-66(69)72-61-65(62-73-67(70)59-54-49-44-39-34-30-29-31-36-41-46-51-56-63(3)4)74-68(71)60-55-50-45-40-35-28-25-22-19-18-20-23-26-32-37-42-47-52-57-64(5)7-2/h63-65H,6-62H2,1-5H3/t64?,65-/m0/s1. The summed E-state index contributed by atoms with van der Waals surface area (Å²) in [7, 11) is 0. The molecule has 0 saturated heterocycles. The molecule has 1 unspecified atom stereocenters. The van der Waals surface area contributed by atoms with Crippen molar-refractivity contribution in [2.45, 2.75) is 394 Å². The lowest BCUT2D eigenvalue weighted by Gasteiger charge is -2.18. The highest BCUT2D eigenvalue weighted by atomic mass is 16.6. The minimum atomic E-state index is -0.764. The monoisotopic (exact) mass is 1050 g/mol. The number of carbonyl (C=O) groups is 3. The van der Waals surface area contributed by atoms with Crippen molar-refractivity contribution in [3.63, 3.8) is 0 Å². The second-order valence-electron chi connectivity index (χ2n) is 24.2. The summed E-state index contributed by atoms with van der Waals surface area (Å²) in [5.41, 5.74) is 0. The van der Waals surface area contributed by atoms with Crippen LogP contribution in [0.25, 0.3) is 0 Å². The van der Waals surface area contributed by atoms with Gasteiger partial charge in [-0.3, -0.25) is 14.4 Å².